The summed E-state index contributed by atoms with van der Waals surface area (Å²) in [6.45, 7) is 2.37. The smallest absolute Gasteiger partial charge is 0.235 e. The summed E-state index contributed by atoms with van der Waals surface area (Å²) in [5.41, 5.74) is 10.4. The molecule has 3 heterocycles. The summed E-state index contributed by atoms with van der Waals surface area (Å²) >= 11 is 0. The van der Waals surface area contributed by atoms with Gasteiger partial charge in [-0.1, -0.05) is 134 Å². The van der Waals surface area contributed by atoms with Crippen LogP contribution in [0.15, 0.2) is 152 Å². The van der Waals surface area contributed by atoms with Crippen LogP contribution in [0.5, 0.6) is 0 Å². The van der Waals surface area contributed by atoms with E-state index in [-0.39, 0.29) is 5.92 Å². The molecule has 1 aliphatic carbocycles. The zero-order chi connectivity index (χ0) is 33.6. The second-order valence-electron chi connectivity index (χ2n) is 13.8. The van der Waals surface area contributed by atoms with Crippen molar-refractivity contribution in [2.24, 2.45) is 0 Å². The minimum atomic E-state index is 0.196. The van der Waals surface area contributed by atoms with E-state index in [1.165, 1.54) is 65.7 Å². The van der Waals surface area contributed by atoms with E-state index in [1.807, 2.05) is 0 Å². The van der Waals surface area contributed by atoms with Crippen LogP contribution < -0.4 is 0 Å². The first-order valence-corrected chi connectivity index (χ1v) is 17.7. The van der Waals surface area contributed by atoms with Gasteiger partial charge in [-0.15, -0.1) is 0 Å². The van der Waals surface area contributed by atoms with E-state index < -0.39 is 0 Å². The highest BCUT2D eigenvalue weighted by Gasteiger charge is 2.30. The molecule has 0 amide bonds. The topological polar surface area (TPSA) is 35.6 Å². The average molecular weight is 653 g/mol. The third-order valence-electron chi connectivity index (χ3n) is 10.9. The van der Waals surface area contributed by atoms with Crippen molar-refractivity contribution in [3.8, 4) is 17.2 Å². The molecule has 0 saturated heterocycles. The Morgan fingerprint density at radius 1 is 0.510 bits per heavy atom. The molecule has 0 fully saturated rings. The van der Waals surface area contributed by atoms with Crippen LogP contribution in [0.25, 0.3) is 94.1 Å². The highest BCUT2D eigenvalue weighted by atomic mass is 15.2. The van der Waals surface area contributed by atoms with Gasteiger partial charge in [0.1, 0.15) is 0 Å². The Hall–Kier alpha value is -6.52. The highest BCUT2D eigenvalue weighted by Crippen LogP contribution is 2.46. The Balaban J connectivity index is 1.24. The summed E-state index contributed by atoms with van der Waals surface area (Å²) in [6.07, 6.45) is 3.33. The van der Waals surface area contributed by atoms with Crippen LogP contribution in [0.1, 0.15) is 30.5 Å². The molecule has 1 atom stereocenters. The lowest BCUT2D eigenvalue weighted by atomic mass is 9.89. The first kappa shape index (κ1) is 28.3. The number of para-hydroxylation sites is 3. The summed E-state index contributed by atoms with van der Waals surface area (Å²) in [5, 5.41) is 9.72. The third kappa shape index (κ3) is 4.08. The normalized spacial score (nSPS) is 14.6. The molecule has 51 heavy (non-hydrogen) atoms. The minimum absolute atomic E-state index is 0.196. The minimum Gasteiger partial charge on any atom is -0.313 e. The van der Waals surface area contributed by atoms with Gasteiger partial charge in [0.05, 0.1) is 27.8 Å². The number of aromatic nitrogens is 4. The number of hydrogen-bond acceptors (Lipinski definition) is 2. The SMILES string of the molecule is CC1CC(n2c3ccccc3c3ccccc32)=Cc2c1n(-c1nc(-c3cccc4ccccc34)c3ccccc3n1)c1ccc3ccccc3c21. The Labute approximate surface area is 294 Å². The summed E-state index contributed by atoms with van der Waals surface area (Å²) in [6, 6.07) is 54.4. The Bertz CT molecular complexity index is 3030. The van der Waals surface area contributed by atoms with Gasteiger partial charge in [0, 0.05) is 50.0 Å². The van der Waals surface area contributed by atoms with Crippen molar-refractivity contribution in [3.63, 3.8) is 0 Å². The molecule has 0 N–H and O–H groups in total. The second-order valence-corrected chi connectivity index (χ2v) is 13.8. The Morgan fingerprint density at radius 2 is 1.12 bits per heavy atom. The Kier molecular flexibility index (Phi) is 5.97. The summed E-state index contributed by atoms with van der Waals surface area (Å²) in [4.78, 5) is 10.8. The van der Waals surface area contributed by atoms with Crippen molar-refractivity contribution in [3.05, 3.63) is 163 Å². The summed E-state index contributed by atoms with van der Waals surface area (Å²) in [5.74, 6) is 0.904. The maximum Gasteiger partial charge on any atom is 0.235 e. The second kappa shape index (κ2) is 10.7. The third-order valence-corrected chi connectivity index (χ3v) is 10.9. The number of nitrogens with zero attached hydrogens (tertiary/aromatic N) is 4. The molecule has 3 aromatic heterocycles. The summed E-state index contributed by atoms with van der Waals surface area (Å²) < 4.78 is 4.85. The van der Waals surface area contributed by atoms with Crippen molar-refractivity contribution in [2.75, 3.05) is 0 Å². The number of hydrogen-bond donors (Lipinski definition) is 0. The maximum absolute atomic E-state index is 5.51. The predicted molar refractivity (Wildman–Crippen MR) is 213 cm³/mol. The van der Waals surface area contributed by atoms with Crippen LogP contribution in [0.2, 0.25) is 0 Å². The van der Waals surface area contributed by atoms with Gasteiger partial charge < -0.3 is 4.57 Å². The molecule has 240 valence electrons. The molecule has 1 aliphatic rings. The molecular weight excluding hydrogens is 621 g/mol. The highest BCUT2D eigenvalue weighted by molar-refractivity contribution is 6.15. The first-order valence-electron chi connectivity index (χ1n) is 17.7. The molecule has 0 saturated carbocycles. The fourth-order valence-electron chi connectivity index (χ4n) is 8.78. The quantitative estimate of drug-likeness (QED) is 0.190. The fourth-order valence-corrected chi connectivity index (χ4v) is 8.78. The van der Waals surface area contributed by atoms with Gasteiger partial charge in [-0.3, -0.25) is 4.57 Å². The molecular formula is C47H32N4. The van der Waals surface area contributed by atoms with E-state index in [2.05, 4.69) is 174 Å². The van der Waals surface area contributed by atoms with Gasteiger partial charge in [-0.2, -0.15) is 0 Å². The lowest BCUT2D eigenvalue weighted by Gasteiger charge is -2.25. The molecule has 0 spiro atoms. The standard InChI is InChI=1S/C47H32N4/c1-29-27-32(50-41-23-10-7-18-35(41)36-19-8-11-24-42(36)50)28-39-44-34-17-5-3-14-31(34)25-26-43(44)51(46(29)39)47-48-40-22-9-6-20-38(40)45(49-47)37-21-12-15-30-13-2-4-16-33(30)37/h2-26,28-29H,27H2,1H3. The molecule has 7 aromatic carbocycles. The molecule has 1 unspecified atom stereocenters. The molecule has 4 nitrogen and oxygen atoms in total. The van der Waals surface area contributed by atoms with Crippen LogP contribution in [0.3, 0.4) is 0 Å². The van der Waals surface area contributed by atoms with Crippen molar-refractivity contribution in [1.29, 1.82) is 0 Å². The predicted octanol–water partition coefficient (Wildman–Crippen LogP) is 12.2. The molecule has 0 aliphatic heterocycles. The van der Waals surface area contributed by atoms with E-state index in [0.29, 0.717) is 5.95 Å². The van der Waals surface area contributed by atoms with Gasteiger partial charge in [0.15, 0.2) is 0 Å². The van der Waals surface area contributed by atoms with Crippen molar-refractivity contribution in [1.82, 2.24) is 19.1 Å². The van der Waals surface area contributed by atoms with E-state index in [4.69, 9.17) is 9.97 Å². The molecule has 0 radical (unpaired) electrons. The monoisotopic (exact) mass is 652 g/mol. The van der Waals surface area contributed by atoms with Crippen molar-refractivity contribution in [2.45, 2.75) is 19.3 Å². The average Bonchev–Trinajstić information content (AvgIpc) is 3.71. The van der Waals surface area contributed by atoms with Crippen LogP contribution in [0.4, 0.5) is 0 Å². The van der Waals surface area contributed by atoms with E-state index in [9.17, 15) is 0 Å². The van der Waals surface area contributed by atoms with E-state index in [1.54, 1.807) is 0 Å². The molecule has 4 heteroatoms. The van der Waals surface area contributed by atoms with Crippen LogP contribution >= 0.6 is 0 Å². The van der Waals surface area contributed by atoms with Gasteiger partial charge in [-0.25, -0.2) is 9.97 Å². The van der Waals surface area contributed by atoms with Gasteiger partial charge in [0.2, 0.25) is 5.95 Å². The number of fused-ring (bicyclic) bond motifs is 10. The summed E-state index contributed by atoms with van der Waals surface area (Å²) in [7, 11) is 0. The number of benzene rings is 7. The lowest BCUT2D eigenvalue weighted by molar-refractivity contribution is 0.709. The van der Waals surface area contributed by atoms with Crippen molar-refractivity contribution >= 4 is 76.9 Å². The van der Waals surface area contributed by atoms with E-state index in [0.717, 1.165) is 34.1 Å². The first-order chi connectivity index (χ1) is 25.2. The Morgan fingerprint density at radius 3 is 1.88 bits per heavy atom. The molecule has 10 aromatic rings. The van der Waals surface area contributed by atoms with Crippen LogP contribution in [0, 0.1) is 0 Å². The molecule has 11 rings (SSSR count). The maximum atomic E-state index is 5.51. The van der Waals surface area contributed by atoms with Gasteiger partial charge >= 0.3 is 0 Å². The number of allylic oxidation sites excluding steroid dienone is 1. The fraction of sp³-hybridized carbons (Fsp3) is 0.0638. The largest absolute Gasteiger partial charge is 0.313 e. The van der Waals surface area contributed by atoms with Crippen LogP contribution in [-0.4, -0.2) is 19.1 Å². The van der Waals surface area contributed by atoms with Gasteiger partial charge in [-0.05, 0) is 58.3 Å². The van der Waals surface area contributed by atoms with E-state index >= 15 is 0 Å². The van der Waals surface area contributed by atoms with Crippen LogP contribution in [-0.2, 0) is 0 Å². The zero-order valence-electron chi connectivity index (χ0n) is 28.1. The zero-order valence-corrected chi connectivity index (χ0v) is 28.1. The lowest BCUT2D eigenvalue weighted by Crippen LogP contribution is -2.13. The molecule has 0 bridgehead atoms. The van der Waals surface area contributed by atoms with Crippen molar-refractivity contribution < 1.29 is 0 Å². The van der Waals surface area contributed by atoms with Gasteiger partial charge in [0.25, 0.3) is 0 Å². The number of rotatable bonds is 3.